The summed E-state index contributed by atoms with van der Waals surface area (Å²) >= 11 is 0. The Hall–Kier alpha value is -1.83. The van der Waals surface area contributed by atoms with Gasteiger partial charge in [0, 0.05) is 30.8 Å². The maximum Gasteiger partial charge on any atom is 0.254 e. The van der Waals surface area contributed by atoms with Crippen LogP contribution in [0.4, 0.5) is 0 Å². The van der Waals surface area contributed by atoms with Crippen LogP contribution in [0.15, 0.2) is 24.3 Å². The van der Waals surface area contributed by atoms with Gasteiger partial charge in [-0.05, 0) is 32.0 Å². The third-order valence-corrected chi connectivity index (χ3v) is 2.86. The number of methoxy groups -OCH3 is 1. The van der Waals surface area contributed by atoms with E-state index in [2.05, 4.69) is 11.8 Å². The van der Waals surface area contributed by atoms with Crippen LogP contribution in [-0.4, -0.2) is 43.7 Å². The van der Waals surface area contributed by atoms with Crippen LogP contribution >= 0.6 is 0 Å². The van der Waals surface area contributed by atoms with Crippen molar-refractivity contribution in [1.82, 2.24) is 4.90 Å². The summed E-state index contributed by atoms with van der Waals surface area (Å²) in [6, 6.07) is 7.43. The summed E-state index contributed by atoms with van der Waals surface area (Å²) in [6.45, 7) is 5.39. The number of rotatable bonds is 5. The maximum atomic E-state index is 12.5. The predicted molar refractivity (Wildman–Crippen MR) is 80.4 cm³/mol. The summed E-state index contributed by atoms with van der Waals surface area (Å²) in [6.07, 6.45) is 0. The highest BCUT2D eigenvalue weighted by atomic mass is 16.5. The fraction of sp³-hybridized carbons (Fsp3) is 0.438. The summed E-state index contributed by atoms with van der Waals surface area (Å²) in [4.78, 5) is 14.3. The lowest BCUT2D eigenvalue weighted by Gasteiger charge is -2.26. The van der Waals surface area contributed by atoms with Crippen LogP contribution in [0.25, 0.3) is 0 Å². The molecule has 0 radical (unpaired) electrons. The topological polar surface area (TPSA) is 55.6 Å². The van der Waals surface area contributed by atoms with E-state index in [-0.39, 0.29) is 11.9 Å². The average Bonchev–Trinajstić information content (AvgIpc) is 2.45. The smallest absolute Gasteiger partial charge is 0.254 e. The van der Waals surface area contributed by atoms with Crippen molar-refractivity contribution in [3.63, 3.8) is 0 Å². The first-order valence-electron chi connectivity index (χ1n) is 6.69. The van der Waals surface area contributed by atoms with E-state index in [0.29, 0.717) is 25.3 Å². The van der Waals surface area contributed by atoms with Gasteiger partial charge in [-0.2, -0.15) is 0 Å². The van der Waals surface area contributed by atoms with E-state index in [1.54, 1.807) is 24.1 Å². The van der Waals surface area contributed by atoms with Crippen LogP contribution in [0, 0.1) is 11.8 Å². The molecule has 0 aliphatic carbocycles. The zero-order chi connectivity index (χ0) is 15.0. The van der Waals surface area contributed by atoms with Crippen molar-refractivity contribution < 1.29 is 9.53 Å². The standard InChI is InChI=1S/C16H22N2O2/c1-13(2)18(10-11-20-3)16(19)15-8-4-6-14(12-15)7-5-9-17/h4,6,8,12-13H,9-11,17H2,1-3H3. The molecule has 0 spiro atoms. The van der Waals surface area contributed by atoms with Crippen molar-refractivity contribution in [3.8, 4) is 11.8 Å². The Morgan fingerprint density at radius 3 is 2.80 bits per heavy atom. The number of amides is 1. The van der Waals surface area contributed by atoms with Gasteiger partial charge < -0.3 is 15.4 Å². The van der Waals surface area contributed by atoms with E-state index < -0.39 is 0 Å². The fourth-order valence-electron chi connectivity index (χ4n) is 1.83. The summed E-state index contributed by atoms with van der Waals surface area (Å²) in [5.41, 5.74) is 6.79. The zero-order valence-corrected chi connectivity index (χ0v) is 12.3. The lowest BCUT2D eigenvalue weighted by Crippen LogP contribution is -2.39. The zero-order valence-electron chi connectivity index (χ0n) is 12.3. The second-order valence-electron chi connectivity index (χ2n) is 4.67. The monoisotopic (exact) mass is 274 g/mol. The summed E-state index contributed by atoms with van der Waals surface area (Å²) in [5.74, 6) is 5.72. The largest absolute Gasteiger partial charge is 0.383 e. The summed E-state index contributed by atoms with van der Waals surface area (Å²) < 4.78 is 5.06. The minimum absolute atomic E-state index is 0.00607. The molecule has 108 valence electrons. The van der Waals surface area contributed by atoms with Gasteiger partial charge >= 0.3 is 0 Å². The summed E-state index contributed by atoms with van der Waals surface area (Å²) in [5, 5.41) is 0. The highest BCUT2D eigenvalue weighted by molar-refractivity contribution is 5.94. The second-order valence-corrected chi connectivity index (χ2v) is 4.67. The molecule has 2 N–H and O–H groups in total. The van der Waals surface area contributed by atoms with Crippen LogP contribution in [0.2, 0.25) is 0 Å². The number of benzene rings is 1. The van der Waals surface area contributed by atoms with Gasteiger partial charge in [0.05, 0.1) is 13.2 Å². The van der Waals surface area contributed by atoms with Crippen LogP contribution in [0.1, 0.15) is 29.8 Å². The van der Waals surface area contributed by atoms with Gasteiger partial charge in [-0.3, -0.25) is 4.79 Å². The fourth-order valence-corrected chi connectivity index (χ4v) is 1.83. The molecule has 0 atom stereocenters. The second kappa shape index (κ2) is 8.36. The van der Waals surface area contributed by atoms with Gasteiger partial charge in [0.1, 0.15) is 0 Å². The van der Waals surface area contributed by atoms with Gasteiger partial charge in [-0.15, -0.1) is 0 Å². The highest BCUT2D eigenvalue weighted by Gasteiger charge is 2.18. The van der Waals surface area contributed by atoms with Crippen LogP contribution in [-0.2, 0) is 4.74 Å². The molecule has 0 bridgehead atoms. The lowest BCUT2D eigenvalue weighted by atomic mass is 10.1. The van der Waals surface area contributed by atoms with Gasteiger partial charge in [0.25, 0.3) is 5.91 Å². The van der Waals surface area contributed by atoms with E-state index in [4.69, 9.17) is 10.5 Å². The number of nitrogens with two attached hydrogens (primary N) is 1. The Labute approximate surface area is 120 Å². The Morgan fingerprint density at radius 1 is 1.45 bits per heavy atom. The molecule has 0 fully saturated rings. The van der Waals surface area contributed by atoms with E-state index in [9.17, 15) is 4.79 Å². The Kier molecular flexibility index (Phi) is 6.78. The third kappa shape index (κ3) is 4.69. The highest BCUT2D eigenvalue weighted by Crippen LogP contribution is 2.10. The molecule has 1 rings (SSSR count). The minimum atomic E-state index is -0.00607. The Morgan fingerprint density at radius 2 is 2.20 bits per heavy atom. The van der Waals surface area contributed by atoms with Crippen molar-refractivity contribution >= 4 is 5.91 Å². The Bertz CT molecular complexity index is 501. The lowest BCUT2D eigenvalue weighted by molar-refractivity contribution is 0.0635. The van der Waals surface area contributed by atoms with Crippen molar-refractivity contribution in [2.45, 2.75) is 19.9 Å². The molecule has 1 aromatic carbocycles. The van der Waals surface area contributed by atoms with Crippen molar-refractivity contribution in [2.75, 3.05) is 26.8 Å². The number of carbonyl (C=O) groups is 1. The quantitative estimate of drug-likeness (QED) is 0.828. The predicted octanol–water partition coefficient (Wildman–Crippen LogP) is 1.49. The number of ether oxygens (including phenoxy) is 1. The molecule has 4 nitrogen and oxygen atoms in total. The van der Waals surface area contributed by atoms with Gasteiger partial charge in [-0.25, -0.2) is 0 Å². The molecule has 0 saturated carbocycles. The van der Waals surface area contributed by atoms with Gasteiger partial charge in [0.15, 0.2) is 0 Å². The average molecular weight is 274 g/mol. The number of carbonyl (C=O) groups excluding carboxylic acids is 1. The number of hydrogen-bond donors (Lipinski definition) is 1. The molecule has 4 heteroatoms. The maximum absolute atomic E-state index is 12.5. The van der Waals surface area contributed by atoms with Crippen molar-refractivity contribution in [2.24, 2.45) is 5.73 Å². The van der Waals surface area contributed by atoms with E-state index in [1.807, 2.05) is 26.0 Å². The van der Waals surface area contributed by atoms with Gasteiger partial charge in [-0.1, -0.05) is 17.9 Å². The van der Waals surface area contributed by atoms with E-state index in [0.717, 1.165) is 5.56 Å². The molecule has 0 saturated heterocycles. The molecule has 1 amide bonds. The molecule has 0 aliphatic heterocycles. The molecule has 0 aromatic heterocycles. The van der Waals surface area contributed by atoms with Crippen LogP contribution in [0.3, 0.4) is 0 Å². The van der Waals surface area contributed by atoms with Gasteiger partial charge in [0.2, 0.25) is 0 Å². The molecular weight excluding hydrogens is 252 g/mol. The first-order valence-corrected chi connectivity index (χ1v) is 6.69. The Balaban J connectivity index is 2.93. The van der Waals surface area contributed by atoms with Crippen LogP contribution in [0.5, 0.6) is 0 Å². The molecule has 20 heavy (non-hydrogen) atoms. The third-order valence-electron chi connectivity index (χ3n) is 2.86. The molecule has 0 unspecified atom stereocenters. The number of hydrogen-bond acceptors (Lipinski definition) is 3. The van der Waals surface area contributed by atoms with Crippen molar-refractivity contribution in [3.05, 3.63) is 35.4 Å². The van der Waals surface area contributed by atoms with Crippen molar-refractivity contribution in [1.29, 1.82) is 0 Å². The van der Waals surface area contributed by atoms with Crippen LogP contribution < -0.4 is 5.73 Å². The summed E-state index contributed by atoms with van der Waals surface area (Å²) in [7, 11) is 1.63. The normalized spacial score (nSPS) is 10.1. The molecule has 0 heterocycles. The molecule has 1 aromatic rings. The minimum Gasteiger partial charge on any atom is -0.383 e. The van der Waals surface area contributed by atoms with E-state index >= 15 is 0 Å². The SMILES string of the molecule is COCCN(C(=O)c1cccc(C#CCN)c1)C(C)C. The van der Waals surface area contributed by atoms with E-state index in [1.165, 1.54) is 0 Å². The molecule has 0 aliphatic rings. The first-order chi connectivity index (χ1) is 9.60. The number of nitrogens with zero attached hydrogens (tertiary/aromatic N) is 1. The molecular formula is C16H22N2O2. The first kappa shape index (κ1) is 16.2.